The van der Waals surface area contributed by atoms with E-state index < -0.39 is 35.5 Å². The lowest BCUT2D eigenvalue weighted by atomic mass is 9.44. The van der Waals surface area contributed by atoms with Gasteiger partial charge < -0.3 is 35.4 Å². The maximum absolute atomic E-state index is 14.0. The van der Waals surface area contributed by atoms with Crippen molar-refractivity contribution in [2.24, 2.45) is 62.7 Å². The highest BCUT2D eigenvalue weighted by Gasteiger charge is 2.60. The second-order valence-electron chi connectivity index (χ2n) is 27.3. The zero-order valence-electron chi connectivity index (χ0n) is 52.1. The van der Waals surface area contributed by atoms with E-state index in [9.17, 15) is 48.6 Å². The fraction of sp³-hybridized carbons (Fsp3) is 0.697. The number of carboxylic acids is 2. The van der Waals surface area contributed by atoms with Gasteiger partial charge in [0.05, 0.1) is 10.2 Å². The molecule has 2 unspecified atom stereocenters. The molecule has 4 saturated carbocycles. The van der Waals surface area contributed by atoms with Crippen molar-refractivity contribution in [3.63, 3.8) is 0 Å². The predicted molar refractivity (Wildman–Crippen MR) is 332 cm³/mol. The number of carbonyl (C=O) groups excluding carboxylic acids is 6. The van der Waals surface area contributed by atoms with Crippen LogP contribution >= 0.6 is 23.1 Å². The van der Waals surface area contributed by atoms with Crippen LogP contribution in [0.3, 0.4) is 0 Å². The summed E-state index contributed by atoms with van der Waals surface area (Å²) in [6.07, 6.45) is 15.8. The Hall–Kier alpha value is -5.43. The molecule has 2 heterocycles. The minimum absolute atomic E-state index is 0.0481. The van der Waals surface area contributed by atoms with Gasteiger partial charge in [-0.2, -0.15) is 0 Å². The van der Waals surface area contributed by atoms with Crippen LogP contribution in [0.4, 0.5) is 4.79 Å². The van der Waals surface area contributed by atoms with Crippen LogP contribution in [0.15, 0.2) is 45.5 Å². The lowest BCUT2D eigenvalue weighted by Gasteiger charge is -2.61. The molecule has 4 N–H and O–H groups in total. The molecule has 0 saturated heterocycles. The molecule has 6 aliphatic rings. The van der Waals surface area contributed by atoms with E-state index in [1.54, 1.807) is 59.9 Å². The number of nitrogens with one attached hydrogen (secondary N) is 2. The second kappa shape index (κ2) is 27.7. The van der Waals surface area contributed by atoms with E-state index in [1.165, 1.54) is 90.7 Å². The number of Topliss-reactive ketones (excluding diaryl/α,β-unsaturated/α-hetero) is 2. The summed E-state index contributed by atoms with van der Waals surface area (Å²) in [5.74, 6) is 2.64. The summed E-state index contributed by atoms with van der Waals surface area (Å²) in [6, 6.07) is 3.22. The number of carboxylic acid groups (broad SMARTS) is 2. The maximum atomic E-state index is 14.0. The number of likely N-dealkylation sites (N-methyl/N-ethyl adjacent to an activating group) is 1. The van der Waals surface area contributed by atoms with E-state index in [-0.39, 0.29) is 73.9 Å². The number of ether oxygens (including phenoxy) is 1. The Morgan fingerprint density at radius 3 is 2.28 bits per heavy atom. The number of fused-ring (bicyclic) bond motifs is 6. The number of thiazole rings is 1. The molecule has 17 nitrogen and oxygen atoms in total. The van der Waals surface area contributed by atoms with Crippen LogP contribution in [0, 0.1) is 57.7 Å². The molecule has 11 atom stereocenters. The van der Waals surface area contributed by atoms with E-state index in [1.807, 2.05) is 0 Å². The molecule has 1 aliphatic heterocycles. The number of nitrogens with zero attached hydrogens (tertiary/aromatic N) is 4. The van der Waals surface area contributed by atoms with E-state index >= 15 is 0 Å². The molecule has 1 aromatic heterocycles. The van der Waals surface area contributed by atoms with Crippen molar-refractivity contribution in [3.8, 4) is 5.75 Å². The van der Waals surface area contributed by atoms with E-state index in [2.05, 4.69) is 48.3 Å². The van der Waals surface area contributed by atoms with Gasteiger partial charge in [0, 0.05) is 92.0 Å². The highest BCUT2D eigenvalue weighted by atomic mass is 32.2. The number of carbonyl (C=O) groups is 8. The maximum Gasteiger partial charge on any atom is 0.415 e. The summed E-state index contributed by atoms with van der Waals surface area (Å²) in [4.78, 5) is 116. The molecular formula is C66H94N6O11S2. The Labute approximate surface area is 511 Å². The van der Waals surface area contributed by atoms with Gasteiger partial charge in [-0.05, 0) is 175 Å². The highest BCUT2D eigenvalue weighted by molar-refractivity contribution is 8.15. The number of unbranched alkanes of at least 4 members (excludes halogenated alkanes) is 3. The highest BCUT2D eigenvalue weighted by Crippen LogP contribution is 2.68. The number of aliphatic carboxylic acids is 2. The molecule has 4 fully saturated rings. The minimum Gasteiger partial charge on any atom is -0.480 e. The van der Waals surface area contributed by atoms with Crippen molar-refractivity contribution in [3.05, 3.63) is 45.5 Å². The summed E-state index contributed by atoms with van der Waals surface area (Å²) in [7, 11) is 1.63. The SMILES string of the molecule is CC1=C(C)C(=O)C(C(C)(C)CC(=O)N(C)CCN(CCCCCC(=O)NCCCCC(NC(=O)CC[C@@H](C)[C@H]2CC[C@H]3[C@@H]4CC[C@@H]5C[C@H](C)CC[C@]5(C)[C@H]4CC[C@]23C)C(=O)O)C(=O)Oc2ccc3nc(C4=NC(C(=O)O)CS4)sc3c2)=C(C)C1=O. The Morgan fingerprint density at radius 1 is 0.824 bits per heavy atom. The largest absolute Gasteiger partial charge is 0.480 e. The predicted octanol–water partition coefficient (Wildman–Crippen LogP) is 11.9. The number of aliphatic imine (C=N–C) groups is 1. The van der Waals surface area contributed by atoms with Gasteiger partial charge >= 0.3 is 18.0 Å². The van der Waals surface area contributed by atoms with Crippen LogP contribution < -0.4 is 15.4 Å². The Kier molecular flexibility index (Phi) is 21.4. The van der Waals surface area contributed by atoms with Crippen molar-refractivity contribution >= 4 is 85.7 Å². The van der Waals surface area contributed by atoms with Gasteiger partial charge in [-0.15, -0.1) is 23.1 Å². The van der Waals surface area contributed by atoms with Gasteiger partial charge in [0.1, 0.15) is 21.8 Å². The fourth-order valence-corrected chi connectivity index (χ4v) is 18.2. The molecular weight excluding hydrogens is 1120 g/mol. The first-order chi connectivity index (χ1) is 40.2. The van der Waals surface area contributed by atoms with Crippen LogP contribution in [-0.2, 0) is 33.6 Å². The van der Waals surface area contributed by atoms with Crippen molar-refractivity contribution in [1.29, 1.82) is 0 Å². The summed E-state index contributed by atoms with van der Waals surface area (Å²) in [6.45, 7) is 19.3. The quantitative estimate of drug-likeness (QED) is 0.0507. The average molecular weight is 1210 g/mol. The number of hydrogen-bond acceptors (Lipinski definition) is 13. The van der Waals surface area contributed by atoms with Gasteiger partial charge in [-0.3, -0.25) is 29.0 Å². The van der Waals surface area contributed by atoms with E-state index in [4.69, 9.17) is 4.74 Å². The molecule has 0 bridgehead atoms. The fourth-order valence-electron chi connectivity index (χ4n) is 16.1. The first kappa shape index (κ1) is 65.5. The Balaban J connectivity index is 0.765. The van der Waals surface area contributed by atoms with E-state index in [0.29, 0.717) is 111 Å². The topological polar surface area (TPSA) is 242 Å². The van der Waals surface area contributed by atoms with Crippen molar-refractivity contribution < 1.29 is 53.3 Å². The number of amides is 4. The molecule has 0 radical (unpaired) electrons. The first-order valence-corrected chi connectivity index (χ1v) is 33.3. The van der Waals surface area contributed by atoms with E-state index in [0.717, 1.165) is 40.7 Å². The summed E-state index contributed by atoms with van der Waals surface area (Å²) in [5, 5.41) is 26.4. The van der Waals surface area contributed by atoms with Gasteiger partial charge in [-0.1, -0.05) is 54.4 Å². The summed E-state index contributed by atoms with van der Waals surface area (Å²) < 4.78 is 6.63. The lowest BCUT2D eigenvalue weighted by molar-refractivity contribution is -0.142. The third-order valence-electron chi connectivity index (χ3n) is 21.3. The standard InChI is InChI=1S/C66H94N6O11S2/c1-38-26-28-65(8)43(34-38)19-21-45-47-23-22-46(66(47,9)29-27-48(45)65)39(2)18-25-54(74)68-50(61(78)79)16-13-14-30-67-53(73)17-12-11-15-31-72(33-32-71(10)55(75)36-64(6,7)56-42(5)57(76)40(3)41(4)58(56)77)63(82)83-44-20-24-49-52(35-44)85-60(69-49)59-70-51(37-84-59)62(80)81/h20,24,35,38-39,43,45-48,50-51H,11-19,21-23,25-34,36-37H2,1-10H3,(H,67,73)(H,68,74)(H,78,79)(H,80,81)/t38-,39-,43-,45+,46-,47+,48+,50?,51?,65+,66-/m1/s1. The normalized spacial score (nSPS) is 27.4. The van der Waals surface area contributed by atoms with Gasteiger partial charge in [-0.25, -0.2) is 19.4 Å². The van der Waals surface area contributed by atoms with Crippen molar-refractivity contribution in [2.45, 2.75) is 196 Å². The number of hydrogen-bond donors (Lipinski definition) is 4. The smallest absolute Gasteiger partial charge is 0.415 e. The van der Waals surface area contributed by atoms with Crippen LogP contribution in [0.5, 0.6) is 5.75 Å². The molecule has 4 amide bonds. The minimum atomic E-state index is -1.05. The Morgan fingerprint density at radius 2 is 1.55 bits per heavy atom. The zero-order chi connectivity index (χ0) is 61.7. The van der Waals surface area contributed by atoms with Gasteiger partial charge in [0.15, 0.2) is 17.6 Å². The van der Waals surface area contributed by atoms with Crippen LogP contribution in [-0.4, -0.2) is 128 Å². The molecule has 19 heteroatoms. The number of allylic oxidation sites excluding steroid dienone is 4. The average Bonchev–Trinajstić information content (AvgIpc) is 1.75. The molecule has 2 aromatic rings. The molecule has 466 valence electrons. The summed E-state index contributed by atoms with van der Waals surface area (Å²) in [5.41, 5.74) is 1.95. The number of rotatable bonds is 26. The van der Waals surface area contributed by atoms with Crippen LogP contribution in [0.1, 0.15) is 189 Å². The third-order valence-corrected chi connectivity index (χ3v) is 23.5. The first-order valence-electron chi connectivity index (χ1n) is 31.5. The lowest BCUT2D eigenvalue weighted by Crippen LogP contribution is -2.53. The number of benzene rings is 1. The second-order valence-corrected chi connectivity index (χ2v) is 29.3. The van der Waals surface area contributed by atoms with Gasteiger partial charge in [0.2, 0.25) is 17.7 Å². The molecule has 85 heavy (non-hydrogen) atoms. The van der Waals surface area contributed by atoms with Crippen molar-refractivity contribution in [2.75, 3.05) is 39.0 Å². The number of ketones is 2. The third kappa shape index (κ3) is 14.9. The monoisotopic (exact) mass is 1210 g/mol. The van der Waals surface area contributed by atoms with Crippen LogP contribution in [0.2, 0.25) is 0 Å². The molecule has 0 spiro atoms. The molecule has 8 rings (SSSR count). The number of aromatic nitrogens is 1. The van der Waals surface area contributed by atoms with Crippen LogP contribution in [0.25, 0.3) is 10.2 Å². The van der Waals surface area contributed by atoms with Gasteiger partial charge in [0.25, 0.3) is 0 Å². The molecule has 1 aromatic carbocycles. The zero-order valence-corrected chi connectivity index (χ0v) is 53.7. The number of thioether (sulfide) groups is 1. The molecule has 5 aliphatic carbocycles. The Bertz CT molecular complexity index is 2980. The summed E-state index contributed by atoms with van der Waals surface area (Å²) >= 11 is 2.65. The van der Waals surface area contributed by atoms with Crippen molar-refractivity contribution in [1.82, 2.24) is 25.4 Å².